The number of ether oxygens (including phenoxy) is 2. The molecular formula is C11H11BrN2O2. The maximum absolute atomic E-state index is 5.25. The van der Waals surface area contributed by atoms with E-state index in [1.54, 1.807) is 20.4 Å². The van der Waals surface area contributed by atoms with Crippen LogP contribution in [0.4, 0.5) is 0 Å². The van der Waals surface area contributed by atoms with Gasteiger partial charge in [-0.1, -0.05) is 15.9 Å². The summed E-state index contributed by atoms with van der Waals surface area (Å²) in [4.78, 5) is 0. The van der Waals surface area contributed by atoms with Gasteiger partial charge in [-0.05, 0) is 12.1 Å². The zero-order valence-electron chi connectivity index (χ0n) is 8.95. The number of hydrogen-bond acceptors (Lipinski definition) is 3. The summed E-state index contributed by atoms with van der Waals surface area (Å²) < 4.78 is 11.4. The van der Waals surface area contributed by atoms with Gasteiger partial charge >= 0.3 is 0 Å². The lowest BCUT2D eigenvalue weighted by molar-refractivity contribution is 0.355. The molecule has 1 aromatic carbocycles. The molecule has 84 valence electrons. The standard InChI is InChI=1S/C11H11BrN2O2/c1-15-10-3-8(7-5-13-14-6-7)9(12)4-11(10)16-2/h3-6H,1-2H3,(H,13,14). The highest BCUT2D eigenvalue weighted by molar-refractivity contribution is 9.10. The van der Waals surface area contributed by atoms with E-state index in [-0.39, 0.29) is 0 Å². The number of benzene rings is 1. The van der Waals surface area contributed by atoms with Gasteiger partial charge in [-0.2, -0.15) is 5.10 Å². The van der Waals surface area contributed by atoms with E-state index in [0.29, 0.717) is 11.5 Å². The Morgan fingerprint density at radius 3 is 2.44 bits per heavy atom. The minimum atomic E-state index is 0.696. The quantitative estimate of drug-likeness (QED) is 0.942. The molecule has 0 aliphatic heterocycles. The first kappa shape index (κ1) is 11.0. The normalized spacial score (nSPS) is 10.2. The molecule has 0 aliphatic rings. The molecule has 0 amide bonds. The van der Waals surface area contributed by atoms with Crippen LogP contribution in [0, 0.1) is 0 Å². The predicted octanol–water partition coefficient (Wildman–Crippen LogP) is 2.86. The van der Waals surface area contributed by atoms with Crippen molar-refractivity contribution in [1.29, 1.82) is 0 Å². The Kier molecular flexibility index (Phi) is 3.14. The minimum absolute atomic E-state index is 0.696. The molecule has 0 aliphatic carbocycles. The highest BCUT2D eigenvalue weighted by Crippen LogP contribution is 2.37. The molecule has 0 radical (unpaired) electrons. The zero-order chi connectivity index (χ0) is 11.5. The van der Waals surface area contributed by atoms with E-state index in [0.717, 1.165) is 15.6 Å². The summed E-state index contributed by atoms with van der Waals surface area (Å²) in [6, 6.07) is 3.79. The molecule has 1 aromatic heterocycles. The molecule has 0 bridgehead atoms. The molecule has 0 saturated heterocycles. The second-order valence-electron chi connectivity index (χ2n) is 3.17. The Hall–Kier alpha value is -1.49. The van der Waals surface area contributed by atoms with Crippen LogP contribution in [-0.2, 0) is 0 Å². The van der Waals surface area contributed by atoms with E-state index in [9.17, 15) is 0 Å². The number of hydrogen-bond donors (Lipinski definition) is 1. The zero-order valence-corrected chi connectivity index (χ0v) is 10.5. The van der Waals surface area contributed by atoms with Crippen molar-refractivity contribution < 1.29 is 9.47 Å². The smallest absolute Gasteiger partial charge is 0.161 e. The van der Waals surface area contributed by atoms with Crippen LogP contribution in [0.3, 0.4) is 0 Å². The van der Waals surface area contributed by atoms with Gasteiger partial charge in [0, 0.05) is 21.8 Å². The van der Waals surface area contributed by atoms with E-state index >= 15 is 0 Å². The number of methoxy groups -OCH3 is 2. The van der Waals surface area contributed by atoms with E-state index in [1.807, 2.05) is 18.3 Å². The first-order chi connectivity index (χ1) is 7.76. The van der Waals surface area contributed by atoms with Crippen molar-refractivity contribution in [3.63, 3.8) is 0 Å². The third kappa shape index (κ3) is 1.90. The lowest BCUT2D eigenvalue weighted by Crippen LogP contribution is -1.91. The fraction of sp³-hybridized carbons (Fsp3) is 0.182. The predicted molar refractivity (Wildman–Crippen MR) is 64.8 cm³/mol. The third-order valence-electron chi connectivity index (χ3n) is 2.28. The van der Waals surface area contributed by atoms with Crippen LogP contribution in [0.25, 0.3) is 11.1 Å². The van der Waals surface area contributed by atoms with Gasteiger partial charge < -0.3 is 9.47 Å². The molecule has 1 heterocycles. The summed E-state index contributed by atoms with van der Waals surface area (Å²) in [5.41, 5.74) is 2.00. The molecule has 2 rings (SSSR count). The van der Waals surface area contributed by atoms with Crippen LogP contribution in [0.5, 0.6) is 11.5 Å². The van der Waals surface area contributed by atoms with Crippen LogP contribution < -0.4 is 9.47 Å². The van der Waals surface area contributed by atoms with Crippen molar-refractivity contribution in [2.24, 2.45) is 0 Å². The van der Waals surface area contributed by atoms with E-state index in [4.69, 9.17) is 9.47 Å². The van der Waals surface area contributed by atoms with Gasteiger partial charge in [0.05, 0.1) is 20.4 Å². The Bertz CT molecular complexity index is 483. The van der Waals surface area contributed by atoms with Gasteiger partial charge in [0.15, 0.2) is 11.5 Å². The molecule has 0 fully saturated rings. The molecule has 4 nitrogen and oxygen atoms in total. The second-order valence-corrected chi connectivity index (χ2v) is 4.03. The van der Waals surface area contributed by atoms with Gasteiger partial charge in [0.2, 0.25) is 0 Å². The summed E-state index contributed by atoms with van der Waals surface area (Å²) in [5.74, 6) is 1.39. The van der Waals surface area contributed by atoms with Crippen molar-refractivity contribution in [3.8, 4) is 22.6 Å². The molecule has 16 heavy (non-hydrogen) atoms. The molecule has 5 heteroatoms. The molecule has 1 N–H and O–H groups in total. The average Bonchev–Trinajstić information content (AvgIpc) is 2.82. The van der Waals surface area contributed by atoms with Crippen molar-refractivity contribution in [2.45, 2.75) is 0 Å². The number of nitrogens with one attached hydrogen (secondary N) is 1. The number of rotatable bonds is 3. The summed E-state index contributed by atoms with van der Waals surface area (Å²) in [6.45, 7) is 0. The molecule has 0 atom stereocenters. The highest BCUT2D eigenvalue weighted by Gasteiger charge is 2.11. The highest BCUT2D eigenvalue weighted by atomic mass is 79.9. The number of H-pyrrole nitrogens is 1. The van der Waals surface area contributed by atoms with Crippen LogP contribution in [0.2, 0.25) is 0 Å². The molecule has 0 saturated carbocycles. The molecule has 0 unspecified atom stereocenters. The Morgan fingerprint density at radius 1 is 1.19 bits per heavy atom. The number of nitrogens with zero attached hydrogens (tertiary/aromatic N) is 1. The molecule has 0 spiro atoms. The third-order valence-corrected chi connectivity index (χ3v) is 2.94. The van der Waals surface area contributed by atoms with Crippen LogP contribution in [0.15, 0.2) is 29.0 Å². The number of halogens is 1. The van der Waals surface area contributed by atoms with Gasteiger partial charge in [-0.25, -0.2) is 0 Å². The summed E-state index contributed by atoms with van der Waals surface area (Å²) in [7, 11) is 3.23. The van der Waals surface area contributed by atoms with Crippen molar-refractivity contribution in [1.82, 2.24) is 10.2 Å². The number of aromatic nitrogens is 2. The Labute approximate surface area is 102 Å². The molecular weight excluding hydrogens is 272 g/mol. The summed E-state index contributed by atoms with van der Waals surface area (Å²) >= 11 is 3.50. The monoisotopic (exact) mass is 282 g/mol. The van der Waals surface area contributed by atoms with Gasteiger partial charge in [-0.3, -0.25) is 5.10 Å². The molecule has 2 aromatic rings. The fourth-order valence-corrected chi connectivity index (χ4v) is 2.02. The lowest BCUT2D eigenvalue weighted by Gasteiger charge is -2.10. The van der Waals surface area contributed by atoms with Crippen molar-refractivity contribution in [2.75, 3.05) is 14.2 Å². The van der Waals surface area contributed by atoms with Crippen LogP contribution in [-0.4, -0.2) is 24.4 Å². The first-order valence-corrected chi connectivity index (χ1v) is 5.46. The largest absolute Gasteiger partial charge is 0.493 e. The van der Waals surface area contributed by atoms with Crippen LogP contribution >= 0.6 is 15.9 Å². The summed E-state index contributed by atoms with van der Waals surface area (Å²) in [6.07, 6.45) is 3.58. The van der Waals surface area contributed by atoms with E-state index in [2.05, 4.69) is 26.1 Å². The minimum Gasteiger partial charge on any atom is -0.493 e. The summed E-state index contributed by atoms with van der Waals surface area (Å²) in [5, 5.41) is 6.70. The first-order valence-electron chi connectivity index (χ1n) is 4.67. The lowest BCUT2D eigenvalue weighted by atomic mass is 10.1. The van der Waals surface area contributed by atoms with Crippen molar-refractivity contribution >= 4 is 15.9 Å². The van der Waals surface area contributed by atoms with Gasteiger partial charge in [0.1, 0.15) is 0 Å². The van der Waals surface area contributed by atoms with Crippen LogP contribution in [0.1, 0.15) is 0 Å². The van der Waals surface area contributed by atoms with Gasteiger partial charge in [-0.15, -0.1) is 0 Å². The van der Waals surface area contributed by atoms with Crippen molar-refractivity contribution in [3.05, 3.63) is 29.0 Å². The Morgan fingerprint density at radius 2 is 1.88 bits per heavy atom. The number of aromatic amines is 1. The topological polar surface area (TPSA) is 47.1 Å². The maximum atomic E-state index is 5.25. The van der Waals surface area contributed by atoms with Gasteiger partial charge in [0.25, 0.3) is 0 Å². The Balaban J connectivity index is 2.55. The average molecular weight is 283 g/mol. The maximum Gasteiger partial charge on any atom is 0.161 e. The fourth-order valence-electron chi connectivity index (χ4n) is 1.47. The second kappa shape index (κ2) is 4.57. The SMILES string of the molecule is COc1cc(Br)c(-c2cn[nH]c2)cc1OC. The van der Waals surface area contributed by atoms with E-state index < -0.39 is 0 Å². The van der Waals surface area contributed by atoms with E-state index in [1.165, 1.54) is 0 Å².